The van der Waals surface area contributed by atoms with Gasteiger partial charge < -0.3 is 14.8 Å². The van der Waals surface area contributed by atoms with Crippen LogP contribution in [0.3, 0.4) is 0 Å². The molecule has 0 aliphatic rings. The van der Waals surface area contributed by atoms with Gasteiger partial charge in [0.1, 0.15) is 0 Å². The molecule has 1 N–H and O–H groups in total. The fraction of sp³-hybridized carbons (Fsp3) is 0.500. The molecule has 17 heavy (non-hydrogen) atoms. The van der Waals surface area contributed by atoms with Crippen molar-refractivity contribution in [2.45, 2.75) is 26.5 Å². The fourth-order valence-electron chi connectivity index (χ4n) is 1.29. The Balaban J connectivity index is 2.32. The summed E-state index contributed by atoms with van der Waals surface area (Å²) < 4.78 is 10.00. The van der Waals surface area contributed by atoms with Crippen LogP contribution in [0.5, 0.6) is 5.88 Å². The average Bonchev–Trinajstić information content (AvgIpc) is 2.28. The zero-order valence-electron chi connectivity index (χ0n) is 10.4. The first-order valence-corrected chi connectivity index (χ1v) is 5.51. The number of methoxy groups -OCH3 is 1. The van der Waals surface area contributed by atoms with Crippen molar-refractivity contribution in [3.8, 4) is 5.88 Å². The molecule has 1 rings (SSSR count). The second-order valence-electron chi connectivity index (χ2n) is 3.85. The average molecular weight is 238 g/mol. The highest BCUT2D eigenvalue weighted by atomic mass is 16.5. The van der Waals surface area contributed by atoms with Crippen LogP contribution in [0.2, 0.25) is 0 Å². The monoisotopic (exact) mass is 238 g/mol. The normalized spacial score (nSPS) is 10.4. The fourth-order valence-corrected chi connectivity index (χ4v) is 1.29. The maximum absolute atomic E-state index is 11.2. The van der Waals surface area contributed by atoms with E-state index in [1.807, 2.05) is 26.0 Å². The molecule has 5 heteroatoms. The third-order valence-corrected chi connectivity index (χ3v) is 1.97. The van der Waals surface area contributed by atoms with Gasteiger partial charge >= 0.3 is 5.97 Å². The van der Waals surface area contributed by atoms with Crippen LogP contribution in [0.1, 0.15) is 19.4 Å². The molecule has 0 unspecified atom stereocenters. The number of rotatable bonds is 6. The molecule has 0 aliphatic carbocycles. The molecule has 0 aromatic carbocycles. The Hall–Kier alpha value is -1.62. The number of nitrogens with one attached hydrogen (secondary N) is 1. The highest BCUT2D eigenvalue weighted by Gasteiger charge is 2.04. The summed E-state index contributed by atoms with van der Waals surface area (Å²) in [6.45, 7) is 4.42. The van der Waals surface area contributed by atoms with Gasteiger partial charge in [-0.15, -0.1) is 0 Å². The Kier molecular flexibility index (Phi) is 5.42. The first-order valence-electron chi connectivity index (χ1n) is 5.51. The van der Waals surface area contributed by atoms with Crippen molar-refractivity contribution in [2.24, 2.45) is 0 Å². The van der Waals surface area contributed by atoms with Gasteiger partial charge in [-0.05, 0) is 25.5 Å². The number of pyridine rings is 1. The summed E-state index contributed by atoms with van der Waals surface area (Å²) >= 11 is 0. The van der Waals surface area contributed by atoms with Crippen molar-refractivity contribution in [3.05, 3.63) is 23.9 Å². The number of hydrogen-bond acceptors (Lipinski definition) is 5. The molecule has 94 valence electrons. The molecule has 0 aliphatic heterocycles. The summed E-state index contributed by atoms with van der Waals surface area (Å²) in [5, 5.41) is 3.00. The Labute approximate surface area is 101 Å². The van der Waals surface area contributed by atoms with E-state index >= 15 is 0 Å². The number of carbonyl (C=O) groups is 1. The van der Waals surface area contributed by atoms with Crippen LogP contribution in [-0.2, 0) is 16.1 Å². The summed E-state index contributed by atoms with van der Waals surface area (Å²) in [6, 6.07) is 3.68. The van der Waals surface area contributed by atoms with Crippen LogP contribution in [0.4, 0.5) is 0 Å². The molecule has 1 heterocycles. The largest absolute Gasteiger partial charge is 0.481 e. The van der Waals surface area contributed by atoms with Gasteiger partial charge in [-0.1, -0.05) is 0 Å². The number of carbonyl (C=O) groups excluding carboxylic acids is 1. The quantitative estimate of drug-likeness (QED) is 0.753. The van der Waals surface area contributed by atoms with Crippen molar-refractivity contribution in [1.82, 2.24) is 10.3 Å². The molecule has 0 saturated carbocycles. The van der Waals surface area contributed by atoms with Gasteiger partial charge in [0.05, 0.1) is 19.8 Å². The van der Waals surface area contributed by atoms with Crippen molar-refractivity contribution >= 4 is 5.97 Å². The lowest BCUT2D eigenvalue weighted by atomic mass is 10.2. The minimum absolute atomic E-state index is 0.0784. The van der Waals surface area contributed by atoms with Crippen LogP contribution in [-0.4, -0.2) is 30.7 Å². The SMILES string of the molecule is COc1cc(CNCC(=O)OC(C)C)ccn1. The predicted molar refractivity (Wildman–Crippen MR) is 63.7 cm³/mol. The molecular formula is C12H18N2O3. The molecular weight excluding hydrogens is 220 g/mol. The third kappa shape index (κ3) is 5.31. The molecule has 0 spiro atoms. The summed E-state index contributed by atoms with van der Waals surface area (Å²) in [7, 11) is 1.57. The number of nitrogens with zero attached hydrogens (tertiary/aromatic N) is 1. The molecule has 1 aromatic rings. The molecule has 1 aromatic heterocycles. The van der Waals surface area contributed by atoms with Crippen molar-refractivity contribution < 1.29 is 14.3 Å². The third-order valence-electron chi connectivity index (χ3n) is 1.97. The summed E-state index contributed by atoms with van der Waals surface area (Å²) in [5.74, 6) is 0.315. The molecule has 0 bridgehead atoms. The van der Waals surface area contributed by atoms with E-state index in [1.165, 1.54) is 0 Å². The first-order chi connectivity index (χ1) is 8.11. The number of ether oxygens (including phenoxy) is 2. The minimum Gasteiger partial charge on any atom is -0.481 e. The summed E-state index contributed by atoms with van der Waals surface area (Å²) in [4.78, 5) is 15.2. The van der Waals surface area contributed by atoms with Crippen LogP contribution in [0.25, 0.3) is 0 Å². The second-order valence-corrected chi connectivity index (χ2v) is 3.85. The van der Waals surface area contributed by atoms with E-state index in [1.54, 1.807) is 13.3 Å². The summed E-state index contributed by atoms with van der Waals surface area (Å²) in [6.07, 6.45) is 1.59. The highest BCUT2D eigenvalue weighted by Crippen LogP contribution is 2.07. The lowest BCUT2D eigenvalue weighted by Gasteiger charge is -2.09. The Morgan fingerprint density at radius 1 is 1.53 bits per heavy atom. The van der Waals surface area contributed by atoms with E-state index in [0.717, 1.165) is 5.56 Å². The Bertz CT molecular complexity index is 367. The van der Waals surface area contributed by atoms with Gasteiger partial charge in [0.15, 0.2) is 0 Å². The molecule has 0 fully saturated rings. The van der Waals surface area contributed by atoms with E-state index < -0.39 is 0 Å². The summed E-state index contributed by atoms with van der Waals surface area (Å²) in [5.41, 5.74) is 1.01. The van der Waals surface area contributed by atoms with Crippen molar-refractivity contribution in [1.29, 1.82) is 0 Å². The lowest BCUT2D eigenvalue weighted by Crippen LogP contribution is -2.26. The van der Waals surface area contributed by atoms with E-state index in [-0.39, 0.29) is 18.6 Å². The van der Waals surface area contributed by atoms with Crippen molar-refractivity contribution in [2.75, 3.05) is 13.7 Å². The van der Waals surface area contributed by atoms with Crippen LogP contribution in [0.15, 0.2) is 18.3 Å². The maximum Gasteiger partial charge on any atom is 0.320 e. The maximum atomic E-state index is 11.2. The molecule has 0 radical (unpaired) electrons. The van der Waals surface area contributed by atoms with Gasteiger partial charge in [-0.25, -0.2) is 4.98 Å². The molecule has 5 nitrogen and oxygen atoms in total. The van der Waals surface area contributed by atoms with E-state index in [4.69, 9.17) is 9.47 Å². The highest BCUT2D eigenvalue weighted by molar-refractivity contribution is 5.71. The van der Waals surface area contributed by atoms with Gasteiger partial charge in [0.2, 0.25) is 5.88 Å². The number of esters is 1. The zero-order valence-corrected chi connectivity index (χ0v) is 10.4. The van der Waals surface area contributed by atoms with E-state index in [9.17, 15) is 4.79 Å². The van der Waals surface area contributed by atoms with Crippen LogP contribution in [0, 0.1) is 0 Å². The van der Waals surface area contributed by atoms with Crippen LogP contribution >= 0.6 is 0 Å². The second kappa shape index (κ2) is 6.85. The Morgan fingerprint density at radius 3 is 2.94 bits per heavy atom. The number of aromatic nitrogens is 1. The number of hydrogen-bond donors (Lipinski definition) is 1. The minimum atomic E-state index is -0.249. The van der Waals surface area contributed by atoms with Crippen LogP contribution < -0.4 is 10.1 Å². The van der Waals surface area contributed by atoms with E-state index in [2.05, 4.69) is 10.3 Å². The molecule has 0 saturated heterocycles. The smallest absolute Gasteiger partial charge is 0.320 e. The topological polar surface area (TPSA) is 60.5 Å². The van der Waals surface area contributed by atoms with E-state index in [0.29, 0.717) is 12.4 Å². The lowest BCUT2D eigenvalue weighted by molar-refractivity contribution is -0.146. The zero-order chi connectivity index (χ0) is 12.7. The van der Waals surface area contributed by atoms with Crippen molar-refractivity contribution in [3.63, 3.8) is 0 Å². The Morgan fingerprint density at radius 2 is 2.29 bits per heavy atom. The van der Waals surface area contributed by atoms with Gasteiger partial charge in [0, 0.05) is 18.8 Å². The molecule has 0 amide bonds. The van der Waals surface area contributed by atoms with Gasteiger partial charge in [-0.3, -0.25) is 4.79 Å². The standard InChI is InChI=1S/C12H18N2O3/c1-9(2)17-12(15)8-13-7-10-4-5-14-11(6-10)16-3/h4-6,9,13H,7-8H2,1-3H3. The van der Waals surface area contributed by atoms with Gasteiger partial charge in [-0.2, -0.15) is 0 Å². The first kappa shape index (κ1) is 13.4. The predicted octanol–water partition coefficient (Wildman–Crippen LogP) is 1.13. The van der Waals surface area contributed by atoms with Gasteiger partial charge in [0.25, 0.3) is 0 Å². The molecule has 0 atom stereocenters.